The van der Waals surface area contributed by atoms with Gasteiger partial charge < -0.3 is 19.9 Å². The number of hydrogen-bond donors (Lipinski definition) is 2. The molecule has 1 amide bonds. The summed E-state index contributed by atoms with van der Waals surface area (Å²) >= 11 is 0. The van der Waals surface area contributed by atoms with Gasteiger partial charge in [0.2, 0.25) is 5.91 Å². The fraction of sp³-hybridized carbons (Fsp3) is 0.263. The van der Waals surface area contributed by atoms with Gasteiger partial charge in [-0.1, -0.05) is 24.3 Å². The van der Waals surface area contributed by atoms with Crippen LogP contribution < -0.4 is 10.1 Å². The number of aromatic carboxylic acids is 1. The first-order valence-corrected chi connectivity index (χ1v) is 7.93. The van der Waals surface area contributed by atoms with E-state index < -0.39 is 5.97 Å². The standard InChI is InChI=1S/C19H21NO5/c1-24-10-5-11-25-16-8-4-7-15(13-16)20-18(21)12-14-6-2-3-9-17(14)19(22)23/h2-4,6-9,13H,5,10-12H2,1H3,(H,20,21)(H,22,23). The summed E-state index contributed by atoms with van der Waals surface area (Å²) in [5.74, 6) is -0.681. The maximum atomic E-state index is 12.2. The van der Waals surface area contributed by atoms with Crippen molar-refractivity contribution in [1.29, 1.82) is 0 Å². The Bertz CT molecular complexity index is 729. The molecule has 2 rings (SSSR count). The zero-order valence-corrected chi connectivity index (χ0v) is 14.0. The Balaban J connectivity index is 1.96. The summed E-state index contributed by atoms with van der Waals surface area (Å²) in [4.78, 5) is 23.4. The predicted molar refractivity (Wildman–Crippen MR) is 94.2 cm³/mol. The first-order valence-electron chi connectivity index (χ1n) is 7.93. The van der Waals surface area contributed by atoms with E-state index in [9.17, 15) is 9.59 Å². The average Bonchev–Trinajstić information content (AvgIpc) is 2.59. The Kier molecular flexibility index (Phi) is 6.98. The monoisotopic (exact) mass is 343 g/mol. The summed E-state index contributed by atoms with van der Waals surface area (Å²) in [6.07, 6.45) is 0.764. The van der Waals surface area contributed by atoms with Crippen LogP contribution in [0.2, 0.25) is 0 Å². The van der Waals surface area contributed by atoms with Crippen LogP contribution in [0.4, 0.5) is 5.69 Å². The highest BCUT2D eigenvalue weighted by Crippen LogP contribution is 2.18. The molecule has 6 nitrogen and oxygen atoms in total. The van der Waals surface area contributed by atoms with Gasteiger partial charge in [-0.25, -0.2) is 4.79 Å². The number of carboxylic acids is 1. The van der Waals surface area contributed by atoms with Crippen LogP contribution in [0.15, 0.2) is 48.5 Å². The number of carbonyl (C=O) groups is 2. The molecule has 0 bridgehead atoms. The third-order valence-corrected chi connectivity index (χ3v) is 3.48. The van der Waals surface area contributed by atoms with E-state index in [-0.39, 0.29) is 17.9 Å². The van der Waals surface area contributed by atoms with Gasteiger partial charge in [-0.15, -0.1) is 0 Å². The van der Waals surface area contributed by atoms with E-state index in [1.54, 1.807) is 43.5 Å². The van der Waals surface area contributed by atoms with E-state index in [1.807, 2.05) is 6.07 Å². The molecule has 2 aromatic rings. The van der Waals surface area contributed by atoms with E-state index in [0.29, 0.717) is 30.2 Å². The third kappa shape index (κ3) is 5.93. The smallest absolute Gasteiger partial charge is 0.335 e. The van der Waals surface area contributed by atoms with Crippen molar-refractivity contribution in [3.8, 4) is 5.75 Å². The van der Waals surface area contributed by atoms with Gasteiger partial charge in [0.25, 0.3) is 0 Å². The van der Waals surface area contributed by atoms with Gasteiger partial charge in [0.05, 0.1) is 18.6 Å². The average molecular weight is 343 g/mol. The summed E-state index contributed by atoms with van der Waals surface area (Å²) in [6, 6.07) is 13.5. The Morgan fingerprint density at radius 3 is 2.64 bits per heavy atom. The normalized spacial score (nSPS) is 10.3. The highest BCUT2D eigenvalue weighted by molar-refractivity contribution is 5.96. The highest BCUT2D eigenvalue weighted by Gasteiger charge is 2.12. The van der Waals surface area contributed by atoms with E-state index in [1.165, 1.54) is 6.07 Å². The van der Waals surface area contributed by atoms with Crippen LogP contribution in [-0.4, -0.2) is 37.3 Å². The van der Waals surface area contributed by atoms with Crippen molar-refractivity contribution < 1.29 is 24.2 Å². The number of nitrogens with one attached hydrogen (secondary N) is 1. The van der Waals surface area contributed by atoms with Crippen molar-refractivity contribution in [2.45, 2.75) is 12.8 Å². The minimum absolute atomic E-state index is 0.0125. The molecule has 0 atom stereocenters. The maximum absolute atomic E-state index is 12.2. The zero-order chi connectivity index (χ0) is 18.1. The first-order chi connectivity index (χ1) is 12.1. The van der Waals surface area contributed by atoms with Crippen LogP contribution in [0.5, 0.6) is 5.75 Å². The number of anilines is 1. The van der Waals surface area contributed by atoms with E-state index in [0.717, 1.165) is 6.42 Å². The lowest BCUT2D eigenvalue weighted by molar-refractivity contribution is -0.115. The van der Waals surface area contributed by atoms with Crippen molar-refractivity contribution >= 4 is 17.6 Å². The molecule has 132 valence electrons. The zero-order valence-electron chi connectivity index (χ0n) is 14.0. The van der Waals surface area contributed by atoms with Crippen molar-refractivity contribution in [1.82, 2.24) is 0 Å². The summed E-state index contributed by atoms with van der Waals surface area (Å²) in [5.41, 5.74) is 1.20. The number of carbonyl (C=O) groups excluding carboxylic acids is 1. The minimum Gasteiger partial charge on any atom is -0.493 e. The summed E-state index contributed by atoms with van der Waals surface area (Å²) in [5, 5.41) is 11.9. The van der Waals surface area contributed by atoms with E-state index >= 15 is 0 Å². The Labute approximate surface area is 146 Å². The Morgan fingerprint density at radius 1 is 1.08 bits per heavy atom. The highest BCUT2D eigenvalue weighted by atomic mass is 16.5. The molecule has 0 aliphatic carbocycles. The maximum Gasteiger partial charge on any atom is 0.335 e. The molecule has 25 heavy (non-hydrogen) atoms. The second-order valence-corrected chi connectivity index (χ2v) is 5.41. The Morgan fingerprint density at radius 2 is 1.88 bits per heavy atom. The number of carboxylic acid groups (broad SMARTS) is 1. The van der Waals surface area contributed by atoms with Crippen LogP contribution in [-0.2, 0) is 16.0 Å². The van der Waals surface area contributed by atoms with Crippen LogP contribution in [0.1, 0.15) is 22.3 Å². The molecule has 6 heteroatoms. The molecule has 0 spiro atoms. The molecule has 0 aliphatic heterocycles. The third-order valence-electron chi connectivity index (χ3n) is 3.48. The van der Waals surface area contributed by atoms with Gasteiger partial charge in [-0.2, -0.15) is 0 Å². The molecule has 2 aromatic carbocycles. The van der Waals surface area contributed by atoms with Crippen LogP contribution >= 0.6 is 0 Å². The number of amides is 1. The first kappa shape index (κ1) is 18.5. The number of ether oxygens (including phenoxy) is 2. The second kappa shape index (κ2) is 9.44. The van der Waals surface area contributed by atoms with Crippen LogP contribution in [0.25, 0.3) is 0 Å². The molecule has 0 saturated heterocycles. The second-order valence-electron chi connectivity index (χ2n) is 5.41. The largest absolute Gasteiger partial charge is 0.493 e. The van der Waals surface area contributed by atoms with Gasteiger partial charge in [-0.3, -0.25) is 4.79 Å². The van der Waals surface area contributed by atoms with E-state index in [2.05, 4.69) is 5.32 Å². The molecule has 0 aliphatic rings. The molecule has 2 N–H and O–H groups in total. The summed E-state index contributed by atoms with van der Waals surface area (Å²) in [6.45, 7) is 1.15. The van der Waals surface area contributed by atoms with Crippen molar-refractivity contribution in [3.63, 3.8) is 0 Å². The quantitative estimate of drug-likeness (QED) is 0.684. The molecule has 0 fully saturated rings. The molecule has 0 saturated carbocycles. The molecule has 0 unspecified atom stereocenters. The number of rotatable bonds is 9. The molecule has 0 radical (unpaired) electrons. The summed E-state index contributed by atoms with van der Waals surface area (Å²) < 4.78 is 10.6. The van der Waals surface area contributed by atoms with E-state index in [4.69, 9.17) is 14.6 Å². The minimum atomic E-state index is -1.05. The Hall–Kier alpha value is -2.86. The van der Waals surface area contributed by atoms with Crippen molar-refractivity contribution in [2.75, 3.05) is 25.6 Å². The lowest BCUT2D eigenvalue weighted by atomic mass is 10.0. The fourth-order valence-electron chi connectivity index (χ4n) is 2.32. The van der Waals surface area contributed by atoms with Crippen LogP contribution in [0, 0.1) is 0 Å². The van der Waals surface area contributed by atoms with Crippen molar-refractivity contribution in [2.24, 2.45) is 0 Å². The van der Waals surface area contributed by atoms with Gasteiger partial charge in [0, 0.05) is 31.9 Å². The topological polar surface area (TPSA) is 84.9 Å². The summed E-state index contributed by atoms with van der Waals surface area (Å²) in [7, 11) is 1.64. The SMILES string of the molecule is COCCCOc1cccc(NC(=O)Cc2ccccc2C(=O)O)c1. The van der Waals surface area contributed by atoms with Gasteiger partial charge >= 0.3 is 5.97 Å². The number of benzene rings is 2. The van der Waals surface area contributed by atoms with Crippen LogP contribution in [0.3, 0.4) is 0 Å². The molecule has 0 aromatic heterocycles. The number of methoxy groups -OCH3 is 1. The molecular formula is C19H21NO5. The number of hydrogen-bond acceptors (Lipinski definition) is 4. The van der Waals surface area contributed by atoms with Gasteiger partial charge in [-0.05, 0) is 23.8 Å². The molecule has 0 heterocycles. The van der Waals surface area contributed by atoms with Crippen molar-refractivity contribution in [3.05, 3.63) is 59.7 Å². The fourth-order valence-corrected chi connectivity index (χ4v) is 2.32. The predicted octanol–water partition coefficient (Wildman–Crippen LogP) is 2.98. The lowest BCUT2D eigenvalue weighted by Crippen LogP contribution is -2.16. The van der Waals surface area contributed by atoms with Gasteiger partial charge in [0.15, 0.2) is 0 Å². The lowest BCUT2D eigenvalue weighted by Gasteiger charge is -2.10. The van der Waals surface area contributed by atoms with Gasteiger partial charge in [0.1, 0.15) is 5.75 Å². The molecular weight excluding hydrogens is 322 g/mol.